The zero-order valence-electron chi connectivity index (χ0n) is 31.4. The number of imide groups is 1. The van der Waals surface area contributed by atoms with Gasteiger partial charge in [0.2, 0.25) is 11.8 Å². The van der Waals surface area contributed by atoms with Gasteiger partial charge in [0.05, 0.1) is 12.2 Å². The molecule has 2 N–H and O–H groups in total. The highest BCUT2D eigenvalue weighted by atomic mass is 16.5. The number of aromatic hydroxyl groups is 1. The minimum Gasteiger partial charge on any atom is -0.508 e. The molecule has 0 unspecified atom stereocenters. The van der Waals surface area contributed by atoms with Crippen molar-refractivity contribution >= 4 is 29.1 Å². The number of fused-ring (bicyclic) bond motifs is 2. The summed E-state index contributed by atoms with van der Waals surface area (Å²) >= 11 is 0. The van der Waals surface area contributed by atoms with Gasteiger partial charge in [0.25, 0.3) is 5.91 Å². The zero-order chi connectivity index (χ0) is 37.6. The minimum atomic E-state index is -0.590. The van der Waals surface area contributed by atoms with Gasteiger partial charge in [-0.3, -0.25) is 24.6 Å². The van der Waals surface area contributed by atoms with E-state index >= 15 is 0 Å². The topological polar surface area (TPSA) is 106 Å². The Morgan fingerprint density at radius 1 is 0.745 bits per heavy atom. The lowest BCUT2D eigenvalue weighted by Gasteiger charge is -2.40. The van der Waals surface area contributed by atoms with Gasteiger partial charge in [-0.15, -0.1) is 0 Å². The van der Waals surface area contributed by atoms with E-state index in [0.717, 1.165) is 68.2 Å². The van der Waals surface area contributed by atoms with E-state index in [2.05, 4.69) is 87.6 Å². The van der Waals surface area contributed by atoms with Crippen molar-refractivity contribution in [1.29, 1.82) is 0 Å². The number of phenolic OH excluding ortho intramolecular Hbond substituents is 1. The number of phenols is 1. The fraction of sp³-hybridized carbons (Fsp3) is 0.400. The number of hydrogen-bond donors (Lipinski definition) is 2. The second kappa shape index (κ2) is 14.8. The third kappa shape index (κ3) is 6.98. The molecule has 0 spiro atoms. The second-order valence-corrected chi connectivity index (χ2v) is 16.0. The lowest BCUT2D eigenvalue weighted by atomic mass is 9.78. The van der Waals surface area contributed by atoms with Crippen molar-refractivity contribution in [1.82, 2.24) is 15.1 Å². The predicted octanol–water partition coefficient (Wildman–Crippen LogP) is 6.16. The van der Waals surface area contributed by atoms with Crippen LogP contribution in [0.4, 0.5) is 11.4 Å². The number of rotatable bonds is 7. The van der Waals surface area contributed by atoms with E-state index in [0.29, 0.717) is 24.4 Å². The standard InChI is InChI=1S/C45H49N5O5/c1-29-39-26-36(51)12-14-38(39)42(43(55-29)32-5-3-2-4-6-32)31-7-9-34(10-8-31)48-19-17-30(18-20-48)27-47-21-23-49(24-22-47)35-11-13-37-33(25-35)28-50(45(37)54)40-15-16-41(52)46-44(40)53/h2-14,25-26,29-30,40,42-43,51H,15-24,27-28H2,1H3,(H,46,52,53)/t29-,40+,42-,43-/m1/s1. The van der Waals surface area contributed by atoms with Gasteiger partial charge < -0.3 is 24.5 Å². The van der Waals surface area contributed by atoms with Crippen molar-refractivity contribution in [2.24, 2.45) is 5.92 Å². The molecule has 0 bridgehead atoms. The summed E-state index contributed by atoms with van der Waals surface area (Å²) in [6.07, 6.45) is 2.75. The largest absolute Gasteiger partial charge is 0.508 e. The summed E-state index contributed by atoms with van der Waals surface area (Å²) < 4.78 is 6.66. The van der Waals surface area contributed by atoms with Crippen molar-refractivity contribution in [3.63, 3.8) is 0 Å². The first-order valence-corrected chi connectivity index (χ1v) is 19.9. The molecule has 0 radical (unpaired) electrons. The lowest BCUT2D eigenvalue weighted by molar-refractivity contribution is -0.136. The van der Waals surface area contributed by atoms with Crippen LogP contribution in [0.1, 0.15) is 88.9 Å². The maximum Gasteiger partial charge on any atom is 0.255 e. The van der Waals surface area contributed by atoms with Crippen LogP contribution < -0.4 is 15.1 Å². The van der Waals surface area contributed by atoms with Crippen LogP contribution >= 0.6 is 0 Å². The SMILES string of the molecule is C[C@H]1O[C@H](c2ccccc2)[C@H](c2ccc(N3CCC(CN4CCN(c5ccc6c(c5)CN([C@H]5CCC(=O)NC5=O)C6=O)CC4)CC3)cc2)c2ccc(O)cc21. The van der Waals surface area contributed by atoms with Crippen LogP contribution in [0.5, 0.6) is 5.75 Å². The molecule has 4 atom stereocenters. The minimum absolute atomic E-state index is 0.0247. The molecule has 0 aromatic heterocycles. The number of nitrogens with one attached hydrogen (secondary N) is 1. The molecule has 284 valence electrons. The Morgan fingerprint density at radius 2 is 1.47 bits per heavy atom. The number of anilines is 2. The zero-order valence-corrected chi connectivity index (χ0v) is 31.4. The Kier molecular flexibility index (Phi) is 9.56. The first-order valence-electron chi connectivity index (χ1n) is 19.9. The van der Waals surface area contributed by atoms with Crippen LogP contribution in [-0.2, 0) is 20.9 Å². The number of benzene rings is 4. The molecule has 3 amide bonds. The molecular formula is C45H49N5O5. The Balaban J connectivity index is 0.786. The smallest absolute Gasteiger partial charge is 0.255 e. The van der Waals surface area contributed by atoms with Crippen molar-refractivity contribution in [3.05, 3.63) is 124 Å². The average molecular weight is 740 g/mol. The van der Waals surface area contributed by atoms with Gasteiger partial charge in [0.1, 0.15) is 11.8 Å². The van der Waals surface area contributed by atoms with E-state index in [9.17, 15) is 19.5 Å². The molecule has 4 aromatic rings. The Bertz CT molecular complexity index is 2070. The first kappa shape index (κ1) is 35.5. The number of piperazine rings is 1. The fourth-order valence-corrected chi connectivity index (χ4v) is 9.58. The molecule has 3 fully saturated rings. The highest BCUT2D eigenvalue weighted by molar-refractivity contribution is 6.05. The van der Waals surface area contributed by atoms with Gasteiger partial charge in [-0.05, 0) is 102 Å². The molecule has 10 heteroatoms. The van der Waals surface area contributed by atoms with E-state index in [1.807, 2.05) is 24.3 Å². The van der Waals surface area contributed by atoms with E-state index in [1.165, 1.54) is 29.7 Å². The van der Waals surface area contributed by atoms with Gasteiger partial charge in [-0.2, -0.15) is 0 Å². The van der Waals surface area contributed by atoms with Crippen LogP contribution in [0.15, 0.2) is 91.0 Å². The quantitative estimate of drug-likeness (QED) is 0.218. The molecule has 0 saturated carbocycles. The highest BCUT2D eigenvalue weighted by Gasteiger charge is 2.40. The number of ether oxygens (including phenoxy) is 1. The van der Waals surface area contributed by atoms with Crippen LogP contribution in [0.2, 0.25) is 0 Å². The van der Waals surface area contributed by atoms with Crippen LogP contribution in [0.25, 0.3) is 0 Å². The van der Waals surface area contributed by atoms with E-state index in [1.54, 1.807) is 11.0 Å². The lowest BCUT2D eigenvalue weighted by Crippen LogP contribution is -2.52. The summed E-state index contributed by atoms with van der Waals surface area (Å²) in [4.78, 5) is 46.4. The molecule has 5 aliphatic rings. The normalized spacial score (nSPS) is 24.8. The van der Waals surface area contributed by atoms with E-state index in [-0.39, 0.29) is 48.0 Å². The van der Waals surface area contributed by atoms with E-state index in [4.69, 9.17) is 4.74 Å². The van der Waals surface area contributed by atoms with E-state index < -0.39 is 6.04 Å². The van der Waals surface area contributed by atoms with Gasteiger partial charge >= 0.3 is 0 Å². The van der Waals surface area contributed by atoms with Gasteiger partial charge in [-0.1, -0.05) is 48.5 Å². The van der Waals surface area contributed by atoms with Crippen molar-refractivity contribution < 1.29 is 24.2 Å². The molecule has 3 saturated heterocycles. The maximum atomic E-state index is 13.2. The predicted molar refractivity (Wildman–Crippen MR) is 211 cm³/mol. The Hall–Kier alpha value is -5.19. The van der Waals surface area contributed by atoms with Gasteiger partial charge in [0.15, 0.2) is 0 Å². The molecule has 10 nitrogen and oxygen atoms in total. The summed E-state index contributed by atoms with van der Waals surface area (Å²) in [6.45, 7) is 9.59. The third-order valence-corrected chi connectivity index (χ3v) is 12.6. The van der Waals surface area contributed by atoms with Gasteiger partial charge in [-0.25, -0.2) is 0 Å². The number of carbonyl (C=O) groups is 3. The average Bonchev–Trinajstić information content (AvgIpc) is 3.53. The van der Waals surface area contributed by atoms with Crippen molar-refractivity contribution in [3.8, 4) is 5.75 Å². The first-order chi connectivity index (χ1) is 26.8. The van der Waals surface area contributed by atoms with Crippen LogP contribution in [0.3, 0.4) is 0 Å². The molecule has 9 rings (SSSR count). The van der Waals surface area contributed by atoms with Crippen molar-refractivity contribution in [2.45, 2.75) is 63.3 Å². The Labute approximate surface area is 322 Å². The van der Waals surface area contributed by atoms with Crippen molar-refractivity contribution in [2.75, 3.05) is 55.6 Å². The summed E-state index contributed by atoms with van der Waals surface area (Å²) in [7, 11) is 0. The molecule has 5 aliphatic heterocycles. The molecular weight excluding hydrogens is 691 g/mol. The molecule has 0 aliphatic carbocycles. The summed E-state index contributed by atoms with van der Waals surface area (Å²) in [5.41, 5.74) is 8.64. The second-order valence-electron chi connectivity index (χ2n) is 16.0. The maximum absolute atomic E-state index is 13.2. The summed E-state index contributed by atoms with van der Waals surface area (Å²) in [6, 6.07) is 30.8. The summed E-state index contributed by atoms with van der Waals surface area (Å²) in [5.74, 6) is 0.196. The highest BCUT2D eigenvalue weighted by Crippen LogP contribution is 2.49. The van der Waals surface area contributed by atoms with Crippen LogP contribution in [-0.4, -0.2) is 84.5 Å². The molecule has 5 heterocycles. The number of carbonyl (C=O) groups excluding carboxylic acids is 3. The third-order valence-electron chi connectivity index (χ3n) is 12.6. The monoisotopic (exact) mass is 739 g/mol. The summed E-state index contributed by atoms with van der Waals surface area (Å²) in [5, 5.41) is 12.7. The molecule has 55 heavy (non-hydrogen) atoms. The number of nitrogens with zero attached hydrogens (tertiary/aromatic N) is 4. The molecule has 4 aromatic carbocycles. The fourth-order valence-electron chi connectivity index (χ4n) is 9.58. The number of amides is 3. The van der Waals surface area contributed by atoms with Crippen LogP contribution in [0, 0.1) is 5.92 Å². The van der Waals surface area contributed by atoms with Gasteiger partial charge in [0, 0.05) is 81.6 Å². The number of hydrogen-bond acceptors (Lipinski definition) is 8. The Morgan fingerprint density at radius 3 is 2.22 bits per heavy atom. The number of piperidine rings is 2.